The summed E-state index contributed by atoms with van der Waals surface area (Å²) in [6.07, 6.45) is 3.73. The monoisotopic (exact) mass is 467 g/mol. The second kappa shape index (κ2) is 8.05. The highest BCUT2D eigenvalue weighted by atomic mass is 16.6. The largest absolute Gasteiger partial charge is 0.497 e. The lowest BCUT2D eigenvalue weighted by Gasteiger charge is -2.33. The summed E-state index contributed by atoms with van der Waals surface area (Å²) in [6.45, 7) is 0. The summed E-state index contributed by atoms with van der Waals surface area (Å²) in [5, 5.41) is 20.8. The van der Waals surface area contributed by atoms with Crippen LogP contribution in [0.3, 0.4) is 0 Å². The van der Waals surface area contributed by atoms with Gasteiger partial charge in [-0.25, -0.2) is 0 Å². The van der Waals surface area contributed by atoms with E-state index in [9.17, 15) is 14.9 Å². The van der Waals surface area contributed by atoms with E-state index in [1.54, 1.807) is 43.5 Å². The Kier molecular flexibility index (Phi) is 4.84. The molecule has 1 fully saturated rings. The number of aromatic nitrogens is 3. The topological polar surface area (TPSA) is 103 Å². The fraction of sp³-hybridized carbons (Fsp3) is 0.192. The molecule has 9 heteroatoms. The lowest BCUT2D eigenvalue weighted by molar-refractivity contribution is -0.524. The first kappa shape index (κ1) is 21.0. The van der Waals surface area contributed by atoms with Gasteiger partial charge in [0.1, 0.15) is 23.3 Å². The zero-order valence-corrected chi connectivity index (χ0v) is 18.8. The Bertz CT molecular complexity index is 1480. The fourth-order valence-corrected chi connectivity index (χ4v) is 5.40. The summed E-state index contributed by atoms with van der Waals surface area (Å²) in [6, 6.07) is 19.4. The van der Waals surface area contributed by atoms with Crippen LogP contribution >= 0.6 is 0 Å². The van der Waals surface area contributed by atoms with E-state index in [4.69, 9.17) is 4.74 Å². The molecule has 0 N–H and O–H groups in total. The van der Waals surface area contributed by atoms with Crippen molar-refractivity contribution in [3.63, 3.8) is 0 Å². The molecule has 0 amide bonds. The first-order chi connectivity index (χ1) is 17.1. The SMILES string of the molecule is COc1ccc([C@H]2[C@H]([N+](=O)[O-])[C@H]3C=Cc4ccccc4N3[C@H]2C(=O)n2nnc3ccccc32)cc1. The van der Waals surface area contributed by atoms with Gasteiger partial charge in [0.25, 0.3) is 5.91 Å². The molecule has 9 nitrogen and oxygen atoms in total. The van der Waals surface area contributed by atoms with Gasteiger partial charge in [0.15, 0.2) is 0 Å². The third-order valence-electron chi connectivity index (χ3n) is 6.92. The van der Waals surface area contributed by atoms with Crippen molar-refractivity contribution in [1.29, 1.82) is 0 Å². The van der Waals surface area contributed by atoms with Crippen LogP contribution in [0.4, 0.5) is 5.69 Å². The average molecular weight is 467 g/mol. The van der Waals surface area contributed by atoms with Gasteiger partial charge in [-0.15, -0.1) is 5.10 Å². The van der Waals surface area contributed by atoms with Crippen LogP contribution in [-0.4, -0.2) is 51.1 Å². The van der Waals surface area contributed by atoms with Gasteiger partial charge in [-0.2, -0.15) is 4.68 Å². The number of para-hydroxylation sites is 2. The summed E-state index contributed by atoms with van der Waals surface area (Å²) in [7, 11) is 1.56. The zero-order valence-electron chi connectivity index (χ0n) is 18.8. The molecule has 0 unspecified atom stereocenters. The number of methoxy groups -OCH3 is 1. The maximum Gasteiger partial charge on any atom is 0.272 e. The zero-order chi connectivity index (χ0) is 24.1. The van der Waals surface area contributed by atoms with Gasteiger partial charge >= 0.3 is 0 Å². The lowest BCUT2D eigenvalue weighted by Crippen LogP contribution is -2.46. The van der Waals surface area contributed by atoms with Gasteiger partial charge < -0.3 is 9.64 Å². The molecule has 1 saturated heterocycles. The normalized spacial score (nSPS) is 22.6. The molecule has 4 atom stereocenters. The van der Waals surface area contributed by atoms with Crippen molar-refractivity contribution in [2.75, 3.05) is 12.0 Å². The number of benzene rings is 3. The van der Waals surface area contributed by atoms with E-state index in [2.05, 4.69) is 10.3 Å². The highest BCUT2D eigenvalue weighted by Crippen LogP contribution is 2.46. The number of nitro groups is 1. The van der Waals surface area contributed by atoms with Crippen LogP contribution in [0.2, 0.25) is 0 Å². The van der Waals surface area contributed by atoms with Crippen LogP contribution in [0.5, 0.6) is 5.75 Å². The summed E-state index contributed by atoms with van der Waals surface area (Å²) in [4.78, 5) is 28.3. The minimum absolute atomic E-state index is 0.266. The van der Waals surface area contributed by atoms with E-state index in [1.807, 2.05) is 53.5 Å². The van der Waals surface area contributed by atoms with E-state index in [-0.39, 0.29) is 10.8 Å². The number of carbonyl (C=O) groups is 1. The standard InChI is InChI=1S/C26H21N5O4/c1-35-18-13-10-17(11-14-18)23-24(31(33)34)22-15-12-16-6-2-4-8-20(16)29(22)25(23)26(32)30-21-9-5-3-7-19(21)27-28-30/h2-15,22-25H,1H3/t22-,23+,24-,25-/m1/s1. The molecule has 6 rings (SSSR count). The summed E-state index contributed by atoms with van der Waals surface area (Å²) >= 11 is 0. The van der Waals surface area contributed by atoms with Crippen LogP contribution in [0.25, 0.3) is 17.1 Å². The van der Waals surface area contributed by atoms with E-state index < -0.39 is 24.0 Å². The Hall–Kier alpha value is -4.53. The molecule has 0 aliphatic carbocycles. The smallest absolute Gasteiger partial charge is 0.272 e. The fourth-order valence-electron chi connectivity index (χ4n) is 5.40. The van der Waals surface area contributed by atoms with Crippen LogP contribution in [0, 0.1) is 10.1 Å². The minimum atomic E-state index is -1.04. The number of hydrogen-bond donors (Lipinski definition) is 0. The first-order valence-electron chi connectivity index (χ1n) is 11.3. The molecule has 0 bridgehead atoms. The number of nitrogens with zero attached hydrogens (tertiary/aromatic N) is 5. The van der Waals surface area contributed by atoms with E-state index in [1.165, 1.54) is 4.68 Å². The van der Waals surface area contributed by atoms with Gasteiger partial charge in [0, 0.05) is 10.6 Å². The van der Waals surface area contributed by atoms with Crippen LogP contribution in [0.1, 0.15) is 21.8 Å². The van der Waals surface area contributed by atoms with E-state index in [0.717, 1.165) is 11.3 Å². The Morgan fingerprint density at radius 3 is 2.54 bits per heavy atom. The summed E-state index contributed by atoms with van der Waals surface area (Å²) < 4.78 is 6.56. The quantitative estimate of drug-likeness (QED) is 0.332. The van der Waals surface area contributed by atoms with Crippen LogP contribution in [0.15, 0.2) is 78.9 Å². The van der Waals surface area contributed by atoms with Crippen molar-refractivity contribution in [3.8, 4) is 5.75 Å². The van der Waals surface area contributed by atoms with Crippen molar-refractivity contribution in [3.05, 3.63) is 100 Å². The number of anilines is 1. The molecule has 35 heavy (non-hydrogen) atoms. The van der Waals surface area contributed by atoms with Crippen molar-refractivity contribution in [2.24, 2.45) is 0 Å². The number of fused-ring (bicyclic) bond motifs is 4. The molecule has 2 aliphatic rings. The molecule has 3 heterocycles. The molecule has 4 aromatic rings. The van der Waals surface area contributed by atoms with Gasteiger partial charge in [-0.3, -0.25) is 14.9 Å². The third-order valence-corrected chi connectivity index (χ3v) is 6.92. The number of hydrogen-bond acceptors (Lipinski definition) is 7. The highest BCUT2D eigenvalue weighted by molar-refractivity contribution is 5.96. The molecule has 3 aromatic carbocycles. The molecular weight excluding hydrogens is 446 g/mol. The highest BCUT2D eigenvalue weighted by Gasteiger charge is 2.59. The maximum absolute atomic E-state index is 14.2. The third kappa shape index (κ3) is 3.19. The predicted octanol–water partition coefficient (Wildman–Crippen LogP) is 3.79. The molecule has 2 aliphatic heterocycles. The molecule has 0 radical (unpaired) electrons. The van der Waals surface area contributed by atoms with Crippen molar-refractivity contribution in [2.45, 2.75) is 24.0 Å². The van der Waals surface area contributed by atoms with Gasteiger partial charge in [-0.1, -0.05) is 59.8 Å². The first-order valence-corrected chi connectivity index (χ1v) is 11.3. The molecule has 0 saturated carbocycles. The molecule has 174 valence electrons. The van der Waals surface area contributed by atoms with Crippen molar-refractivity contribution >= 4 is 28.7 Å². The summed E-state index contributed by atoms with van der Waals surface area (Å²) in [5.74, 6) is -0.455. The second-order valence-corrected chi connectivity index (χ2v) is 8.66. The summed E-state index contributed by atoms with van der Waals surface area (Å²) in [5.41, 5.74) is 3.53. The Morgan fingerprint density at radius 2 is 1.77 bits per heavy atom. The molecule has 1 aromatic heterocycles. The number of ether oxygens (including phenoxy) is 1. The Balaban J connectivity index is 1.57. The molecular formula is C26H21N5O4. The maximum atomic E-state index is 14.2. The number of carbonyl (C=O) groups excluding carboxylic acids is 1. The van der Waals surface area contributed by atoms with Gasteiger partial charge in [-0.05, 0) is 41.5 Å². The predicted molar refractivity (Wildman–Crippen MR) is 130 cm³/mol. The van der Waals surface area contributed by atoms with E-state index in [0.29, 0.717) is 22.3 Å². The van der Waals surface area contributed by atoms with Crippen molar-refractivity contribution < 1.29 is 14.5 Å². The second-order valence-electron chi connectivity index (χ2n) is 8.66. The average Bonchev–Trinajstić information content (AvgIpc) is 3.48. The van der Waals surface area contributed by atoms with E-state index >= 15 is 0 Å². The molecule has 0 spiro atoms. The number of rotatable bonds is 4. The van der Waals surface area contributed by atoms with Crippen molar-refractivity contribution in [1.82, 2.24) is 15.0 Å². The van der Waals surface area contributed by atoms with Crippen LogP contribution in [-0.2, 0) is 0 Å². The van der Waals surface area contributed by atoms with Gasteiger partial charge in [0.2, 0.25) is 6.04 Å². The lowest BCUT2D eigenvalue weighted by atomic mass is 9.86. The van der Waals surface area contributed by atoms with Crippen LogP contribution < -0.4 is 9.64 Å². The minimum Gasteiger partial charge on any atom is -0.497 e. The van der Waals surface area contributed by atoms with Gasteiger partial charge in [0.05, 0.1) is 18.5 Å². The Labute approximate surface area is 200 Å². The Morgan fingerprint density at radius 1 is 1.03 bits per heavy atom.